The summed E-state index contributed by atoms with van der Waals surface area (Å²) in [5.74, 6) is 3.31. The van der Waals surface area contributed by atoms with E-state index < -0.39 is 0 Å². The lowest BCUT2D eigenvalue weighted by Gasteiger charge is -2.59. The van der Waals surface area contributed by atoms with Gasteiger partial charge in [-0.1, -0.05) is 182 Å². The van der Waals surface area contributed by atoms with Gasteiger partial charge in [-0.2, -0.15) is 0 Å². The molecule has 0 amide bonds. The molecule has 4 fully saturated rings. The summed E-state index contributed by atoms with van der Waals surface area (Å²) in [6.07, 6.45) is 8.69. The molecule has 344 valence electrons. The first-order valence-corrected chi connectivity index (χ1v) is 26.4. The van der Waals surface area contributed by atoms with Gasteiger partial charge in [-0.15, -0.1) is 0 Å². The Hall–Kier alpha value is -8.00. The van der Waals surface area contributed by atoms with Crippen molar-refractivity contribution in [2.24, 2.45) is 23.2 Å². The van der Waals surface area contributed by atoms with Crippen LogP contribution in [0.3, 0.4) is 0 Å². The number of anilines is 3. The van der Waals surface area contributed by atoms with Gasteiger partial charge >= 0.3 is 0 Å². The molecule has 0 spiro atoms. The summed E-state index contributed by atoms with van der Waals surface area (Å²) in [7, 11) is 0. The lowest BCUT2D eigenvalue weighted by atomic mass is 9.45. The molecule has 72 heavy (non-hydrogen) atoms. The molecule has 11 aromatic carbocycles. The Morgan fingerprint density at radius 2 is 0.736 bits per heavy atom. The molecular formula is C71H55N. The van der Waals surface area contributed by atoms with Gasteiger partial charge in [0, 0.05) is 23.0 Å². The van der Waals surface area contributed by atoms with Crippen LogP contribution in [0.15, 0.2) is 237 Å². The van der Waals surface area contributed by atoms with Crippen molar-refractivity contribution in [3.63, 3.8) is 0 Å². The molecule has 4 saturated carbocycles. The molecule has 11 aromatic rings. The van der Waals surface area contributed by atoms with Gasteiger partial charge in [0.2, 0.25) is 0 Å². The van der Waals surface area contributed by atoms with Crippen molar-refractivity contribution in [3.05, 3.63) is 248 Å². The Kier molecular flexibility index (Phi) is 9.59. The molecule has 5 aliphatic carbocycles. The monoisotopic (exact) mass is 921 g/mol. The van der Waals surface area contributed by atoms with Crippen LogP contribution in [0.4, 0.5) is 17.1 Å². The van der Waals surface area contributed by atoms with Gasteiger partial charge in [-0.3, -0.25) is 0 Å². The van der Waals surface area contributed by atoms with Gasteiger partial charge in [0.1, 0.15) is 0 Å². The van der Waals surface area contributed by atoms with Crippen molar-refractivity contribution in [2.75, 3.05) is 4.90 Å². The number of nitrogens with zero attached hydrogens (tertiary/aromatic N) is 1. The molecule has 0 aromatic heterocycles. The van der Waals surface area contributed by atoms with E-state index in [1.54, 1.807) is 11.1 Å². The highest BCUT2D eigenvalue weighted by atomic mass is 15.1. The maximum Gasteiger partial charge on any atom is 0.0462 e. The van der Waals surface area contributed by atoms with E-state index in [4.69, 9.17) is 0 Å². The van der Waals surface area contributed by atoms with Crippen LogP contribution in [-0.2, 0) is 0 Å². The number of fused-ring (bicyclic) bond motifs is 7. The van der Waals surface area contributed by atoms with Crippen LogP contribution in [0.25, 0.3) is 88.0 Å². The largest absolute Gasteiger partial charge is 0.311 e. The molecule has 1 unspecified atom stereocenters. The van der Waals surface area contributed by atoms with Gasteiger partial charge in [0.05, 0.1) is 0 Å². The molecule has 0 saturated heterocycles. The smallest absolute Gasteiger partial charge is 0.0462 e. The molecular weight excluding hydrogens is 867 g/mol. The van der Waals surface area contributed by atoms with E-state index in [0.717, 1.165) is 34.8 Å². The first-order valence-electron chi connectivity index (χ1n) is 26.4. The van der Waals surface area contributed by atoms with E-state index in [1.807, 2.05) is 0 Å². The van der Waals surface area contributed by atoms with Crippen LogP contribution < -0.4 is 4.90 Å². The summed E-state index contributed by atoms with van der Waals surface area (Å²) in [6.45, 7) is 0. The van der Waals surface area contributed by atoms with E-state index in [9.17, 15) is 0 Å². The predicted octanol–water partition coefficient (Wildman–Crippen LogP) is 19.6. The summed E-state index contributed by atoms with van der Waals surface area (Å²) in [5, 5.41) is 7.62. The van der Waals surface area contributed by atoms with Crippen molar-refractivity contribution in [3.8, 4) is 55.6 Å². The van der Waals surface area contributed by atoms with Crippen LogP contribution in [0.1, 0.15) is 55.6 Å². The van der Waals surface area contributed by atoms with Gasteiger partial charge in [-0.25, -0.2) is 0 Å². The fourth-order valence-electron chi connectivity index (χ4n) is 14.9. The maximum absolute atomic E-state index is 2.59. The number of hydrogen-bond donors (Lipinski definition) is 0. The minimum absolute atomic E-state index is 0.415. The predicted molar refractivity (Wildman–Crippen MR) is 303 cm³/mol. The van der Waals surface area contributed by atoms with Crippen LogP contribution in [0.5, 0.6) is 0 Å². The Labute approximate surface area is 423 Å². The van der Waals surface area contributed by atoms with Gasteiger partial charge in [0.25, 0.3) is 0 Å². The minimum atomic E-state index is 0.415. The quantitative estimate of drug-likeness (QED) is 0.137. The first kappa shape index (κ1) is 41.8. The van der Waals surface area contributed by atoms with E-state index >= 15 is 0 Å². The Balaban J connectivity index is 0.754. The van der Waals surface area contributed by atoms with Crippen LogP contribution in [0.2, 0.25) is 0 Å². The van der Waals surface area contributed by atoms with Crippen LogP contribution in [-0.4, -0.2) is 0 Å². The second-order valence-electron chi connectivity index (χ2n) is 21.9. The van der Waals surface area contributed by atoms with Gasteiger partial charge in [0.15, 0.2) is 0 Å². The maximum atomic E-state index is 2.59. The van der Waals surface area contributed by atoms with Crippen molar-refractivity contribution in [1.82, 2.24) is 0 Å². The molecule has 1 heteroatoms. The molecule has 0 heterocycles. The molecule has 16 rings (SSSR count). The normalized spacial score (nSPS) is 20.5. The van der Waals surface area contributed by atoms with Gasteiger partial charge in [-0.05, 0) is 215 Å². The third kappa shape index (κ3) is 6.89. The second-order valence-corrected chi connectivity index (χ2v) is 21.9. The SMILES string of the molecule is c1ccc2c(c1)-c1ccc(-c3ccc(-c4ccc(N(c5ccc(-c6ccc7ccccc7c6)cc5)c5ccc(-c6cc7ccccc7c7ccccc67)cc5)cc4)cc3)cc1C2C12CC3CC(CC(C3)C1)C2. The van der Waals surface area contributed by atoms with Gasteiger partial charge < -0.3 is 4.90 Å². The Morgan fingerprint density at radius 1 is 0.292 bits per heavy atom. The molecule has 0 aliphatic heterocycles. The fraction of sp³-hybridized carbons (Fsp3) is 0.155. The average molecular weight is 922 g/mol. The summed E-state index contributed by atoms with van der Waals surface area (Å²) < 4.78 is 0. The zero-order valence-corrected chi connectivity index (χ0v) is 40.5. The summed E-state index contributed by atoms with van der Waals surface area (Å²) >= 11 is 0. The molecule has 0 radical (unpaired) electrons. The lowest BCUT2D eigenvalue weighted by Crippen LogP contribution is -2.48. The zero-order valence-electron chi connectivity index (χ0n) is 40.5. The molecule has 1 atom stereocenters. The topological polar surface area (TPSA) is 3.24 Å². The van der Waals surface area contributed by atoms with Crippen molar-refractivity contribution >= 4 is 49.4 Å². The summed E-state index contributed by atoms with van der Waals surface area (Å²) in [5.41, 5.74) is 19.8. The van der Waals surface area contributed by atoms with E-state index in [1.165, 1.54) is 126 Å². The van der Waals surface area contributed by atoms with E-state index in [-0.39, 0.29) is 0 Å². The number of hydrogen-bond acceptors (Lipinski definition) is 1. The lowest BCUT2D eigenvalue weighted by molar-refractivity contribution is -0.0612. The first-order chi connectivity index (χ1) is 35.6. The zero-order chi connectivity index (χ0) is 47.3. The third-order valence-electron chi connectivity index (χ3n) is 17.7. The molecule has 0 N–H and O–H groups in total. The van der Waals surface area contributed by atoms with Crippen LogP contribution >= 0.6 is 0 Å². The highest BCUT2D eigenvalue weighted by Crippen LogP contribution is 2.68. The summed E-state index contributed by atoms with van der Waals surface area (Å²) in [4.78, 5) is 2.39. The highest BCUT2D eigenvalue weighted by Gasteiger charge is 2.56. The standard InChI is InChI=1S/C71H55N/c1-2-10-55-40-56(22-21-49(55)9-1)53-25-32-60(33-26-53)72(61-34-27-54(28-35-61)68-42-58-11-3-4-12-62(58)63-13-5-6-15-65(63)68)59-30-23-51(24-31-59)50-17-19-52(20-18-50)57-29-36-66-64-14-7-8-16-67(64)70(69(66)41-57)71-43-46-37-47(44-71)39-48(38-46)45-71/h1-36,40-42,46-48,70H,37-39,43-45H2. The minimum Gasteiger partial charge on any atom is -0.311 e. The highest BCUT2D eigenvalue weighted by molar-refractivity contribution is 6.13. The number of benzene rings is 11. The third-order valence-corrected chi connectivity index (χ3v) is 17.7. The van der Waals surface area contributed by atoms with Crippen LogP contribution in [0, 0.1) is 23.2 Å². The van der Waals surface area contributed by atoms with E-state index in [2.05, 4.69) is 241 Å². The van der Waals surface area contributed by atoms with Crippen molar-refractivity contribution < 1.29 is 0 Å². The van der Waals surface area contributed by atoms with Crippen molar-refractivity contribution in [2.45, 2.75) is 44.4 Å². The Morgan fingerprint density at radius 3 is 1.38 bits per heavy atom. The fourth-order valence-corrected chi connectivity index (χ4v) is 14.9. The Bertz CT molecular complexity index is 3840. The average Bonchev–Trinajstić information content (AvgIpc) is 3.78. The number of rotatable bonds is 8. The molecule has 5 aliphatic rings. The second kappa shape index (κ2) is 16.5. The molecule has 1 nitrogen and oxygen atoms in total. The molecule has 4 bridgehead atoms. The van der Waals surface area contributed by atoms with E-state index in [0.29, 0.717) is 11.3 Å². The summed E-state index contributed by atoms with van der Waals surface area (Å²) in [6, 6.07) is 88.8. The van der Waals surface area contributed by atoms with Crippen molar-refractivity contribution in [1.29, 1.82) is 0 Å².